The fraction of sp³-hybridized carbons (Fsp3) is 0.381. The van der Waals surface area contributed by atoms with E-state index in [0.29, 0.717) is 12.0 Å². The van der Waals surface area contributed by atoms with Crippen LogP contribution in [0.25, 0.3) is 0 Å². The molecule has 1 aromatic rings. The van der Waals surface area contributed by atoms with Crippen LogP contribution >= 0.6 is 0 Å². The Hall–Kier alpha value is -2.69. The highest BCUT2D eigenvalue weighted by molar-refractivity contribution is 5.95. The highest BCUT2D eigenvalue weighted by Crippen LogP contribution is 2.39. The molecule has 0 bridgehead atoms. The third-order valence-corrected chi connectivity index (χ3v) is 4.63. The number of carbonyl (C=O) groups excluding carboxylic acids is 3. The zero-order valence-electron chi connectivity index (χ0n) is 15.2. The molecule has 26 heavy (non-hydrogen) atoms. The number of benzene rings is 1. The van der Waals surface area contributed by atoms with Gasteiger partial charge >= 0.3 is 5.97 Å². The lowest BCUT2D eigenvalue weighted by molar-refractivity contribution is -0.149. The Bertz CT molecular complexity index is 695. The molecular formula is C21H25NO4. The Kier molecular flexibility index (Phi) is 6.89. The van der Waals surface area contributed by atoms with Crippen LogP contribution in [0.5, 0.6) is 0 Å². The van der Waals surface area contributed by atoms with E-state index in [2.05, 4.69) is 11.9 Å². The number of hydrogen-bond acceptors (Lipinski definition) is 4. The van der Waals surface area contributed by atoms with E-state index in [9.17, 15) is 14.4 Å². The summed E-state index contributed by atoms with van der Waals surface area (Å²) in [6.07, 6.45) is 5.61. The van der Waals surface area contributed by atoms with Gasteiger partial charge in [0.1, 0.15) is 0 Å². The number of allylic oxidation sites excluding steroid dienone is 2. The van der Waals surface area contributed by atoms with Crippen molar-refractivity contribution in [3.8, 4) is 0 Å². The Morgan fingerprint density at radius 2 is 1.92 bits per heavy atom. The molecule has 1 fully saturated rings. The van der Waals surface area contributed by atoms with E-state index in [0.717, 1.165) is 0 Å². The van der Waals surface area contributed by atoms with E-state index in [4.69, 9.17) is 4.74 Å². The Labute approximate surface area is 154 Å². The Balaban J connectivity index is 2.30. The lowest BCUT2D eigenvalue weighted by atomic mass is 9.92. The average molecular weight is 355 g/mol. The number of esters is 1. The van der Waals surface area contributed by atoms with Crippen LogP contribution in [0.4, 0.5) is 0 Å². The molecular weight excluding hydrogens is 330 g/mol. The topological polar surface area (TPSA) is 72.5 Å². The summed E-state index contributed by atoms with van der Waals surface area (Å²) in [4.78, 5) is 36.5. The van der Waals surface area contributed by atoms with E-state index in [1.807, 2.05) is 6.07 Å². The quantitative estimate of drug-likeness (QED) is 0.464. The first-order valence-corrected chi connectivity index (χ1v) is 8.81. The lowest BCUT2D eigenvalue weighted by Gasteiger charge is -2.25. The fourth-order valence-corrected chi connectivity index (χ4v) is 3.42. The van der Waals surface area contributed by atoms with Gasteiger partial charge in [0.15, 0.2) is 5.78 Å². The van der Waals surface area contributed by atoms with Gasteiger partial charge in [-0.2, -0.15) is 0 Å². The fourth-order valence-electron chi connectivity index (χ4n) is 3.42. The monoisotopic (exact) mass is 355 g/mol. The lowest BCUT2D eigenvalue weighted by Crippen LogP contribution is -2.45. The SMILES string of the molecule is C=C[C@H]1C[C@@H](/C=C/C(C)=O)[C@H](NC(=O)c2ccccc2)[C@@H]1C(=O)OCC. The molecule has 0 unspecified atom stereocenters. The zero-order valence-corrected chi connectivity index (χ0v) is 15.2. The molecule has 0 heterocycles. The third-order valence-electron chi connectivity index (χ3n) is 4.63. The van der Waals surface area contributed by atoms with Crippen molar-refractivity contribution in [2.45, 2.75) is 26.3 Å². The van der Waals surface area contributed by atoms with Gasteiger partial charge in [0, 0.05) is 11.6 Å². The molecule has 5 heteroatoms. The normalized spacial score (nSPS) is 25.0. The van der Waals surface area contributed by atoms with Crippen LogP contribution in [0.2, 0.25) is 0 Å². The van der Waals surface area contributed by atoms with Crippen molar-refractivity contribution in [3.05, 3.63) is 60.7 Å². The van der Waals surface area contributed by atoms with Gasteiger partial charge in [0.25, 0.3) is 5.91 Å². The van der Waals surface area contributed by atoms with Crippen molar-refractivity contribution >= 4 is 17.7 Å². The minimum Gasteiger partial charge on any atom is -0.466 e. The molecule has 1 N–H and O–H groups in total. The number of carbonyl (C=O) groups is 3. The molecule has 0 spiro atoms. The first-order chi connectivity index (χ1) is 12.5. The predicted octanol–water partition coefficient (Wildman–Crippen LogP) is 2.93. The van der Waals surface area contributed by atoms with Crippen LogP contribution in [0.15, 0.2) is 55.1 Å². The highest BCUT2D eigenvalue weighted by atomic mass is 16.5. The number of hydrogen-bond donors (Lipinski definition) is 1. The molecule has 0 radical (unpaired) electrons. The van der Waals surface area contributed by atoms with E-state index < -0.39 is 12.0 Å². The van der Waals surface area contributed by atoms with E-state index in [1.54, 1.807) is 43.3 Å². The van der Waals surface area contributed by atoms with Gasteiger partial charge in [0.05, 0.1) is 12.5 Å². The van der Waals surface area contributed by atoms with E-state index in [1.165, 1.54) is 13.0 Å². The van der Waals surface area contributed by atoms with Crippen molar-refractivity contribution in [2.75, 3.05) is 6.61 Å². The van der Waals surface area contributed by atoms with Gasteiger partial charge in [-0.25, -0.2) is 0 Å². The van der Waals surface area contributed by atoms with E-state index >= 15 is 0 Å². The average Bonchev–Trinajstić information content (AvgIpc) is 2.98. The maximum Gasteiger partial charge on any atom is 0.311 e. The molecule has 4 atom stereocenters. The van der Waals surface area contributed by atoms with Gasteiger partial charge in [-0.3, -0.25) is 14.4 Å². The van der Waals surface area contributed by atoms with Crippen molar-refractivity contribution in [1.82, 2.24) is 5.32 Å². The van der Waals surface area contributed by atoms with Crippen LogP contribution in [0.3, 0.4) is 0 Å². The van der Waals surface area contributed by atoms with E-state index in [-0.39, 0.29) is 36.1 Å². The Morgan fingerprint density at radius 3 is 2.50 bits per heavy atom. The number of amides is 1. The molecule has 1 amide bonds. The molecule has 1 aromatic carbocycles. The maximum atomic E-state index is 12.6. The first-order valence-electron chi connectivity index (χ1n) is 8.81. The summed E-state index contributed by atoms with van der Waals surface area (Å²) in [5, 5.41) is 2.97. The molecule has 5 nitrogen and oxygen atoms in total. The largest absolute Gasteiger partial charge is 0.466 e. The predicted molar refractivity (Wildman–Crippen MR) is 99.4 cm³/mol. The molecule has 138 valence electrons. The minimum absolute atomic E-state index is 0.0760. The summed E-state index contributed by atoms with van der Waals surface area (Å²) >= 11 is 0. The molecule has 1 aliphatic carbocycles. The van der Waals surface area contributed by atoms with Crippen LogP contribution in [0, 0.1) is 17.8 Å². The Morgan fingerprint density at radius 1 is 1.23 bits per heavy atom. The van der Waals surface area contributed by atoms with Crippen molar-refractivity contribution in [3.63, 3.8) is 0 Å². The smallest absolute Gasteiger partial charge is 0.311 e. The van der Waals surface area contributed by atoms with Gasteiger partial charge in [-0.15, -0.1) is 6.58 Å². The van der Waals surface area contributed by atoms with Crippen LogP contribution in [-0.2, 0) is 14.3 Å². The van der Waals surface area contributed by atoms with Crippen molar-refractivity contribution < 1.29 is 19.1 Å². The van der Waals surface area contributed by atoms with Crippen LogP contribution in [-0.4, -0.2) is 30.3 Å². The zero-order chi connectivity index (χ0) is 19.1. The van der Waals surface area contributed by atoms with Gasteiger partial charge in [0.2, 0.25) is 0 Å². The second-order valence-electron chi connectivity index (χ2n) is 6.41. The van der Waals surface area contributed by atoms with Crippen LogP contribution < -0.4 is 5.32 Å². The van der Waals surface area contributed by atoms with Gasteiger partial charge < -0.3 is 10.1 Å². The minimum atomic E-state index is -0.526. The van der Waals surface area contributed by atoms with Crippen molar-refractivity contribution in [1.29, 1.82) is 0 Å². The number of ketones is 1. The number of rotatable bonds is 7. The maximum absolute atomic E-state index is 12.6. The van der Waals surface area contributed by atoms with Gasteiger partial charge in [-0.05, 0) is 50.3 Å². The summed E-state index contributed by atoms with van der Waals surface area (Å²) in [7, 11) is 0. The first kappa shape index (κ1) is 19.6. The second kappa shape index (κ2) is 9.13. The number of ether oxygens (including phenoxy) is 1. The molecule has 1 aliphatic rings. The molecule has 0 saturated heterocycles. The van der Waals surface area contributed by atoms with Gasteiger partial charge in [-0.1, -0.05) is 30.4 Å². The second-order valence-corrected chi connectivity index (χ2v) is 6.41. The molecule has 0 aliphatic heterocycles. The summed E-state index contributed by atoms with van der Waals surface area (Å²) in [6, 6.07) is 8.38. The third kappa shape index (κ3) is 4.69. The summed E-state index contributed by atoms with van der Waals surface area (Å²) in [6.45, 7) is 7.32. The summed E-state index contributed by atoms with van der Waals surface area (Å²) in [5.74, 6) is -1.49. The standard InChI is InChI=1S/C21H25NO4/c1-4-15-13-17(12-11-14(3)23)19(18(15)21(25)26-5-2)22-20(24)16-9-7-6-8-10-16/h4,6-12,15,17-19H,1,5,13H2,2-3H3,(H,22,24)/b12-11+/t15-,17+,18+,19-/m0/s1. The molecule has 1 saturated carbocycles. The molecule has 2 rings (SSSR count). The molecule has 0 aromatic heterocycles. The van der Waals surface area contributed by atoms with Crippen LogP contribution in [0.1, 0.15) is 30.6 Å². The number of nitrogens with one attached hydrogen (secondary N) is 1. The summed E-state index contributed by atoms with van der Waals surface area (Å²) < 4.78 is 5.22. The highest BCUT2D eigenvalue weighted by Gasteiger charge is 2.46. The van der Waals surface area contributed by atoms with Crippen molar-refractivity contribution in [2.24, 2.45) is 17.8 Å². The summed E-state index contributed by atoms with van der Waals surface area (Å²) in [5.41, 5.74) is 0.520.